The Morgan fingerprint density at radius 1 is 1.23 bits per heavy atom. The third kappa shape index (κ3) is 2.63. The lowest BCUT2D eigenvalue weighted by Gasteiger charge is -2.06. The molecule has 2 aromatic heterocycles. The monoisotopic (exact) mass is 345 g/mol. The van der Waals surface area contributed by atoms with Crippen LogP contribution >= 0.6 is 0 Å². The minimum Gasteiger partial charge on any atom is -0.497 e. The van der Waals surface area contributed by atoms with E-state index < -0.39 is 0 Å². The number of anilines is 1. The number of oxazole rings is 1. The molecule has 2 N–H and O–H groups in total. The van der Waals surface area contributed by atoms with E-state index >= 15 is 0 Å². The number of nitrogen functional groups attached to an aromatic ring is 1. The van der Waals surface area contributed by atoms with E-state index in [1.165, 1.54) is 0 Å². The lowest BCUT2D eigenvalue weighted by molar-refractivity contribution is 0.414. The van der Waals surface area contributed by atoms with Crippen LogP contribution in [0, 0.1) is 11.3 Å². The second-order valence-electron chi connectivity index (χ2n) is 5.73. The normalized spacial score (nSPS) is 10.8. The summed E-state index contributed by atoms with van der Waals surface area (Å²) in [6, 6.07) is 15.5. The summed E-state index contributed by atoms with van der Waals surface area (Å²) in [5.41, 5.74) is 8.56. The lowest BCUT2D eigenvalue weighted by atomic mass is 10.1. The zero-order valence-electron chi connectivity index (χ0n) is 14.0. The van der Waals surface area contributed by atoms with Crippen molar-refractivity contribution >= 4 is 16.8 Å². The fourth-order valence-corrected chi connectivity index (χ4v) is 2.85. The molecular weight excluding hydrogens is 330 g/mol. The summed E-state index contributed by atoms with van der Waals surface area (Å²) < 4.78 is 12.5. The van der Waals surface area contributed by atoms with Crippen molar-refractivity contribution < 1.29 is 9.15 Å². The van der Waals surface area contributed by atoms with Crippen LogP contribution in [0.5, 0.6) is 5.75 Å². The molecule has 26 heavy (non-hydrogen) atoms. The highest BCUT2D eigenvalue weighted by atomic mass is 16.5. The summed E-state index contributed by atoms with van der Waals surface area (Å²) in [6.07, 6.45) is 1.76. The van der Waals surface area contributed by atoms with Crippen LogP contribution in [0.15, 0.2) is 53.1 Å². The number of fused-ring (bicyclic) bond motifs is 1. The van der Waals surface area contributed by atoms with Gasteiger partial charge in [0.2, 0.25) is 17.5 Å². The molecule has 7 nitrogen and oxygen atoms in total. The molecule has 0 aliphatic heterocycles. The van der Waals surface area contributed by atoms with Gasteiger partial charge in [-0.25, -0.2) is 0 Å². The van der Waals surface area contributed by atoms with E-state index in [0.717, 1.165) is 27.8 Å². The number of hydrogen-bond donors (Lipinski definition) is 1. The number of aromatic nitrogens is 3. The minimum atomic E-state index is 0.0186. The Morgan fingerprint density at radius 3 is 2.73 bits per heavy atom. The summed E-state index contributed by atoms with van der Waals surface area (Å²) in [4.78, 5) is 4.16. The third-order valence-electron chi connectivity index (χ3n) is 4.17. The number of rotatable bonds is 4. The first-order valence-corrected chi connectivity index (χ1v) is 7.94. The van der Waals surface area contributed by atoms with Gasteiger partial charge >= 0.3 is 0 Å². The maximum atomic E-state index is 9.02. The molecule has 0 radical (unpaired) electrons. The molecule has 0 fully saturated rings. The molecule has 0 aliphatic rings. The summed E-state index contributed by atoms with van der Waals surface area (Å²) in [5, 5.41) is 14.4. The molecule has 0 amide bonds. The number of nitriles is 1. The van der Waals surface area contributed by atoms with Crippen molar-refractivity contribution in [2.75, 3.05) is 12.8 Å². The number of ether oxygens (including phenoxy) is 1. The Morgan fingerprint density at radius 2 is 2.04 bits per heavy atom. The molecule has 0 unspecified atom stereocenters. The Kier molecular flexibility index (Phi) is 3.78. The third-order valence-corrected chi connectivity index (χ3v) is 4.17. The summed E-state index contributed by atoms with van der Waals surface area (Å²) in [7, 11) is 1.64. The number of hydrogen-bond acceptors (Lipinski definition) is 6. The van der Waals surface area contributed by atoms with E-state index in [0.29, 0.717) is 12.4 Å². The average molecular weight is 345 g/mol. The number of methoxy groups -OCH3 is 1. The van der Waals surface area contributed by atoms with Crippen molar-refractivity contribution in [3.05, 3.63) is 59.9 Å². The van der Waals surface area contributed by atoms with E-state index in [9.17, 15) is 0 Å². The van der Waals surface area contributed by atoms with Crippen molar-refractivity contribution in [1.29, 1.82) is 5.26 Å². The predicted octanol–water partition coefficient (Wildman–Crippen LogP) is 3.20. The number of nitrogens with two attached hydrogens (primary N) is 1. The van der Waals surface area contributed by atoms with Gasteiger partial charge in [0.25, 0.3) is 0 Å². The highest BCUT2D eigenvalue weighted by molar-refractivity contribution is 5.92. The first-order chi connectivity index (χ1) is 12.7. The molecule has 7 heteroatoms. The van der Waals surface area contributed by atoms with Crippen molar-refractivity contribution in [2.45, 2.75) is 6.54 Å². The SMILES string of the molecule is COc1ccc(Cn2ncc3c(-c4nc(C#N)c(N)o4)cccc32)cc1. The zero-order valence-corrected chi connectivity index (χ0v) is 14.0. The van der Waals surface area contributed by atoms with Crippen LogP contribution in [0.3, 0.4) is 0 Å². The van der Waals surface area contributed by atoms with Crippen LogP contribution in [-0.4, -0.2) is 21.9 Å². The van der Waals surface area contributed by atoms with Gasteiger partial charge in [0.05, 0.1) is 25.4 Å². The molecule has 0 bridgehead atoms. The van der Waals surface area contributed by atoms with Gasteiger partial charge in [0.1, 0.15) is 11.8 Å². The van der Waals surface area contributed by atoms with Gasteiger partial charge in [0, 0.05) is 10.9 Å². The van der Waals surface area contributed by atoms with E-state index in [2.05, 4.69) is 10.1 Å². The highest BCUT2D eigenvalue weighted by Crippen LogP contribution is 2.30. The van der Waals surface area contributed by atoms with Gasteiger partial charge < -0.3 is 14.9 Å². The van der Waals surface area contributed by atoms with E-state index in [1.54, 1.807) is 13.3 Å². The lowest BCUT2D eigenvalue weighted by Crippen LogP contribution is -2.01. The highest BCUT2D eigenvalue weighted by Gasteiger charge is 2.16. The van der Waals surface area contributed by atoms with Crippen LogP contribution in [0.2, 0.25) is 0 Å². The molecule has 0 atom stereocenters. The van der Waals surface area contributed by atoms with Crippen LogP contribution in [0.25, 0.3) is 22.4 Å². The molecule has 0 saturated carbocycles. The van der Waals surface area contributed by atoms with Gasteiger partial charge in [0.15, 0.2) is 0 Å². The van der Waals surface area contributed by atoms with Crippen molar-refractivity contribution in [2.24, 2.45) is 0 Å². The summed E-state index contributed by atoms with van der Waals surface area (Å²) in [6.45, 7) is 0.619. The molecule has 2 aromatic carbocycles. The Labute approximate surface area is 149 Å². The van der Waals surface area contributed by atoms with Crippen LogP contribution in [0.1, 0.15) is 11.3 Å². The Hall–Kier alpha value is -3.79. The van der Waals surface area contributed by atoms with E-state index in [4.69, 9.17) is 20.1 Å². The molecule has 2 heterocycles. The quantitative estimate of drug-likeness (QED) is 0.609. The molecular formula is C19H15N5O2. The molecule has 4 aromatic rings. The first-order valence-electron chi connectivity index (χ1n) is 7.94. The van der Waals surface area contributed by atoms with Gasteiger partial charge in [-0.2, -0.15) is 15.3 Å². The van der Waals surface area contributed by atoms with Gasteiger partial charge in [-0.15, -0.1) is 0 Å². The summed E-state index contributed by atoms with van der Waals surface area (Å²) >= 11 is 0. The second kappa shape index (κ2) is 6.26. The van der Waals surface area contributed by atoms with Crippen molar-refractivity contribution in [1.82, 2.24) is 14.8 Å². The number of benzene rings is 2. The fraction of sp³-hybridized carbons (Fsp3) is 0.105. The van der Waals surface area contributed by atoms with Gasteiger partial charge in [-0.05, 0) is 29.8 Å². The predicted molar refractivity (Wildman–Crippen MR) is 96.5 cm³/mol. The molecule has 0 aliphatic carbocycles. The largest absolute Gasteiger partial charge is 0.497 e. The van der Waals surface area contributed by atoms with Crippen molar-refractivity contribution in [3.63, 3.8) is 0 Å². The summed E-state index contributed by atoms with van der Waals surface area (Å²) in [5.74, 6) is 1.15. The van der Waals surface area contributed by atoms with Crippen LogP contribution < -0.4 is 10.5 Å². The molecule has 4 rings (SSSR count). The average Bonchev–Trinajstić information content (AvgIpc) is 3.25. The fourth-order valence-electron chi connectivity index (χ4n) is 2.85. The second-order valence-corrected chi connectivity index (χ2v) is 5.73. The molecule has 128 valence electrons. The molecule has 0 spiro atoms. The Bertz CT molecular complexity index is 1120. The smallest absolute Gasteiger partial charge is 0.230 e. The van der Waals surface area contributed by atoms with E-state index in [1.807, 2.05) is 53.2 Å². The number of nitrogens with zero attached hydrogens (tertiary/aromatic N) is 4. The maximum absolute atomic E-state index is 9.02. The standard InChI is InChI=1S/C19H15N5O2/c1-25-13-7-5-12(6-8-13)11-24-17-4-2-3-14(15(17)10-22-24)19-23-16(9-20)18(21)26-19/h2-8,10H,11,21H2,1H3. The Balaban J connectivity index is 1.73. The maximum Gasteiger partial charge on any atom is 0.230 e. The van der Waals surface area contributed by atoms with Crippen molar-refractivity contribution in [3.8, 4) is 23.3 Å². The minimum absolute atomic E-state index is 0.0186. The van der Waals surface area contributed by atoms with E-state index in [-0.39, 0.29) is 11.6 Å². The zero-order chi connectivity index (χ0) is 18.1. The van der Waals surface area contributed by atoms with Gasteiger partial charge in [-0.3, -0.25) is 4.68 Å². The van der Waals surface area contributed by atoms with Crippen LogP contribution in [0.4, 0.5) is 5.88 Å². The van der Waals surface area contributed by atoms with Crippen LogP contribution in [-0.2, 0) is 6.54 Å². The first kappa shape index (κ1) is 15.7. The molecule has 0 saturated heterocycles. The van der Waals surface area contributed by atoms with Gasteiger partial charge in [-0.1, -0.05) is 18.2 Å². The topological polar surface area (TPSA) is 103 Å².